The van der Waals surface area contributed by atoms with Crippen molar-refractivity contribution >= 4 is 11.8 Å². The van der Waals surface area contributed by atoms with Gasteiger partial charge in [-0.25, -0.2) is 10.7 Å². The third-order valence-corrected chi connectivity index (χ3v) is 5.44. The normalized spacial score (nSPS) is 22.5. The van der Waals surface area contributed by atoms with E-state index in [1.165, 1.54) is 6.92 Å². The van der Waals surface area contributed by atoms with Gasteiger partial charge < -0.3 is 20.9 Å². The summed E-state index contributed by atoms with van der Waals surface area (Å²) in [7, 11) is 0. The number of fused-ring (bicyclic) bond motifs is 1. The van der Waals surface area contributed by atoms with Gasteiger partial charge in [-0.15, -0.1) is 0 Å². The number of aryl methyl sites for hydroxylation is 1. The van der Waals surface area contributed by atoms with Gasteiger partial charge in [-0.1, -0.05) is 0 Å². The van der Waals surface area contributed by atoms with Crippen LogP contribution in [0, 0.1) is 5.41 Å². The number of hydrogen-bond acceptors (Lipinski definition) is 6. The quantitative estimate of drug-likeness (QED) is 0.275. The highest BCUT2D eigenvalue weighted by Crippen LogP contribution is 2.39. The lowest BCUT2D eigenvalue weighted by Gasteiger charge is -2.35. The van der Waals surface area contributed by atoms with Crippen molar-refractivity contribution in [3.63, 3.8) is 0 Å². The lowest BCUT2D eigenvalue weighted by atomic mass is 9.90. The molecule has 0 saturated heterocycles. The smallest absolute Gasteiger partial charge is 0.341 e. The molecular formula is C18H26N4O4. The summed E-state index contributed by atoms with van der Waals surface area (Å²) < 4.78 is 5.84. The molecule has 1 saturated carbocycles. The molecule has 0 spiro atoms. The van der Waals surface area contributed by atoms with Gasteiger partial charge in [-0.3, -0.25) is 10.2 Å². The van der Waals surface area contributed by atoms with Gasteiger partial charge in [0.05, 0.1) is 0 Å². The van der Waals surface area contributed by atoms with Gasteiger partial charge >= 0.3 is 5.97 Å². The Labute approximate surface area is 152 Å². The summed E-state index contributed by atoms with van der Waals surface area (Å²) >= 11 is 0. The largest absolute Gasteiger partial charge is 0.486 e. The summed E-state index contributed by atoms with van der Waals surface area (Å²) in [6.07, 6.45) is 3.35. The molecule has 142 valence electrons. The Morgan fingerprint density at radius 1 is 1.54 bits per heavy atom. The molecule has 1 aromatic carbocycles. The molecule has 0 aromatic heterocycles. The number of nitrogens with one attached hydrogen (secondary N) is 2. The predicted molar refractivity (Wildman–Crippen MR) is 96.1 cm³/mol. The molecule has 2 atom stereocenters. The van der Waals surface area contributed by atoms with E-state index in [4.69, 9.17) is 26.6 Å². The summed E-state index contributed by atoms with van der Waals surface area (Å²) in [6.45, 7) is 2.01. The van der Waals surface area contributed by atoms with Crippen LogP contribution in [0.1, 0.15) is 43.7 Å². The molecule has 0 bridgehead atoms. The van der Waals surface area contributed by atoms with Crippen LogP contribution in [0.5, 0.6) is 5.75 Å². The molecule has 1 aliphatic heterocycles. The number of rotatable bonds is 7. The SMILES string of the molecule is C[C@@](ON)(C(=O)O)[C@H]1CCc2cc(C(=N)NC3(CCN)CC3)ccc2O1. The van der Waals surface area contributed by atoms with Crippen molar-refractivity contribution in [1.29, 1.82) is 5.41 Å². The molecule has 1 aromatic rings. The zero-order valence-corrected chi connectivity index (χ0v) is 14.9. The predicted octanol–water partition coefficient (Wildman–Crippen LogP) is 0.910. The van der Waals surface area contributed by atoms with Gasteiger partial charge in [0.25, 0.3) is 0 Å². The first-order valence-electron chi connectivity index (χ1n) is 8.81. The van der Waals surface area contributed by atoms with E-state index in [0.29, 0.717) is 31.0 Å². The van der Waals surface area contributed by atoms with Crippen LogP contribution in [0.25, 0.3) is 0 Å². The summed E-state index contributed by atoms with van der Waals surface area (Å²) in [6, 6.07) is 5.49. The molecule has 0 radical (unpaired) electrons. The molecule has 0 amide bonds. The number of carbonyl (C=O) groups is 1. The Balaban J connectivity index is 1.73. The molecule has 1 heterocycles. The van der Waals surface area contributed by atoms with Crippen LogP contribution in [0.15, 0.2) is 18.2 Å². The number of benzene rings is 1. The molecule has 7 N–H and O–H groups in total. The molecule has 3 rings (SSSR count). The number of amidine groups is 1. The zero-order valence-electron chi connectivity index (χ0n) is 14.9. The molecular weight excluding hydrogens is 336 g/mol. The first-order valence-corrected chi connectivity index (χ1v) is 8.81. The highest BCUT2D eigenvalue weighted by Gasteiger charge is 2.46. The maximum absolute atomic E-state index is 11.5. The standard InChI is InChI=1S/C18H26N4O4/c1-17(26-21,16(23)24)14-5-3-11-10-12(2-4-13(11)25-14)15(20)22-18(6-7-18)8-9-19/h2,4,10,14H,3,5-9,19,21H2,1H3,(H2,20,22)(H,23,24)/t14-,17+/m1/s1. The van der Waals surface area contributed by atoms with Gasteiger partial charge in [0, 0.05) is 11.1 Å². The van der Waals surface area contributed by atoms with Crippen LogP contribution in [-0.2, 0) is 16.1 Å². The van der Waals surface area contributed by atoms with Crippen molar-refractivity contribution in [3.05, 3.63) is 29.3 Å². The molecule has 8 heteroatoms. The summed E-state index contributed by atoms with van der Waals surface area (Å²) in [4.78, 5) is 16.2. The van der Waals surface area contributed by atoms with Gasteiger partial charge in [0.15, 0.2) is 0 Å². The van der Waals surface area contributed by atoms with Crippen molar-refractivity contribution in [2.75, 3.05) is 6.54 Å². The first kappa shape index (κ1) is 18.6. The summed E-state index contributed by atoms with van der Waals surface area (Å²) in [5.41, 5.74) is 5.75. The summed E-state index contributed by atoms with van der Waals surface area (Å²) in [5, 5.41) is 21.0. The monoisotopic (exact) mass is 362 g/mol. The third-order valence-electron chi connectivity index (χ3n) is 5.44. The van der Waals surface area contributed by atoms with Crippen molar-refractivity contribution < 1.29 is 19.5 Å². The summed E-state index contributed by atoms with van der Waals surface area (Å²) in [5.74, 6) is 5.02. The second-order valence-corrected chi connectivity index (χ2v) is 7.32. The molecule has 8 nitrogen and oxygen atoms in total. The van der Waals surface area contributed by atoms with Gasteiger partial charge in [0.2, 0.25) is 5.60 Å². The molecule has 1 aliphatic carbocycles. The number of aliphatic carboxylic acids is 1. The van der Waals surface area contributed by atoms with Crippen molar-refractivity contribution in [2.24, 2.45) is 11.6 Å². The maximum Gasteiger partial charge on any atom is 0.341 e. The van der Waals surface area contributed by atoms with Crippen molar-refractivity contribution in [3.8, 4) is 5.75 Å². The Morgan fingerprint density at radius 2 is 2.27 bits per heavy atom. The maximum atomic E-state index is 11.5. The van der Waals surface area contributed by atoms with Crippen LogP contribution in [0.4, 0.5) is 0 Å². The van der Waals surface area contributed by atoms with E-state index < -0.39 is 17.7 Å². The fourth-order valence-electron chi connectivity index (χ4n) is 3.40. The number of ether oxygens (including phenoxy) is 1. The van der Waals surface area contributed by atoms with E-state index in [-0.39, 0.29) is 5.54 Å². The topological polar surface area (TPSA) is 144 Å². The van der Waals surface area contributed by atoms with Crippen LogP contribution in [0.3, 0.4) is 0 Å². The Hall–Kier alpha value is -2.16. The Bertz CT molecular complexity index is 719. The van der Waals surface area contributed by atoms with Gasteiger partial charge in [0.1, 0.15) is 17.7 Å². The minimum absolute atomic E-state index is 0.0227. The first-order chi connectivity index (χ1) is 12.3. The minimum Gasteiger partial charge on any atom is -0.486 e. The molecule has 26 heavy (non-hydrogen) atoms. The highest BCUT2D eigenvalue weighted by molar-refractivity contribution is 5.97. The lowest BCUT2D eigenvalue weighted by molar-refractivity contribution is -0.179. The second kappa shape index (κ2) is 6.86. The fourth-order valence-corrected chi connectivity index (χ4v) is 3.40. The van der Waals surface area contributed by atoms with Crippen LogP contribution >= 0.6 is 0 Å². The molecule has 1 fully saturated rings. The number of hydrogen-bond donors (Lipinski definition) is 5. The van der Waals surface area contributed by atoms with Gasteiger partial charge in [-0.2, -0.15) is 0 Å². The van der Waals surface area contributed by atoms with E-state index in [2.05, 4.69) is 5.32 Å². The minimum atomic E-state index is -1.61. The van der Waals surface area contributed by atoms with Crippen molar-refractivity contribution in [2.45, 2.75) is 56.3 Å². The van der Waals surface area contributed by atoms with Crippen LogP contribution in [-0.4, -0.2) is 40.7 Å². The Morgan fingerprint density at radius 3 is 2.85 bits per heavy atom. The third kappa shape index (κ3) is 3.40. The van der Waals surface area contributed by atoms with E-state index in [9.17, 15) is 9.90 Å². The molecule has 2 aliphatic rings. The number of carboxylic acid groups (broad SMARTS) is 1. The second-order valence-electron chi connectivity index (χ2n) is 7.32. The fraction of sp³-hybridized carbons (Fsp3) is 0.556. The number of nitrogens with two attached hydrogens (primary N) is 2. The zero-order chi connectivity index (χ0) is 18.9. The average molecular weight is 362 g/mol. The van der Waals surface area contributed by atoms with Gasteiger partial charge in [-0.05, 0) is 69.3 Å². The Kier molecular flexibility index (Phi) is 4.92. The van der Waals surface area contributed by atoms with Crippen molar-refractivity contribution in [1.82, 2.24) is 5.32 Å². The van der Waals surface area contributed by atoms with E-state index in [1.807, 2.05) is 6.07 Å². The molecule has 0 unspecified atom stereocenters. The van der Waals surface area contributed by atoms with E-state index in [1.54, 1.807) is 12.1 Å². The number of carboxylic acids is 1. The van der Waals surface area contributed by atoms with E-state index >= 15 is 0 Å². The van der Waals surface area contributed by atoms with Crippen LogP contribution in [0.2, 0.25) is 0 Å². The average Bonchev–Trinajstić information content (AvgIpc) is 3.39. The lowest BCUT2D eigenvalue weighted by Crippen LogP contribution is -2.54. The van der Waals surface area contributed by atoms with E-state index in [0.717, 1.165) is 30.4 Å². The van der Waals surface area contributed by atoms with Crippen LogP contribution < -0.4 is 21.7 Å². The highest BCUT2D eigenvalue weighted by atomic mass is 16.7.